The molecule has 0 bridgehead atoms. The van der Waals surface area contributed by atoms with Crippen molar-refractivity contribution < 1.29 is 26.0 Å². The van der Waals surface area contributed by atoms with E-state index < -0.39 is 27.6 Å². The average Bonchev–Trinajstić information content (AvgIpc) is 3.12. The van der Waals surface area contributed by atoms with Crippen LogP contribution in [0.1, 0.15) is 5.56 Å². The molecule has 0 amide bonds. The Morgan fingerprint density at radius 1 is 0.903 bits per heavy atom. The van der Waals surface area contributed by atoms with E-state index in [1.54, 1.807) is 29.0 Å². The standard InChI is InChI=1S/C22H16F4N2O2S/c1-27-31(29,30)16-10-11-21-18(12-16)19(17-4-2-3-5-20(17)23)13-28(21)15-8-6-14(7-9-15)22(24,25)26/h2-13,27H,1H3. The maximum absolute atomic E-state index is 14.5. The molecule has 1 heterocycles. The predicted octanol–water partition coefficient (Wildman–Crippen LogP) is 5.36. The second kappa shape index (κ2) is 7.51. The van der Waals surface area contributed by atoms with Gasteiger partial charge in [-0.15, -0.1) is 0 Å². The van der Waals surface area contributed by atoms with Crippen LogP contribution >= 0.6 is 0 Å². The third-order valence-corrected chi connectivity index (χ3v) is 6.40. The van der Waals surface area contributed by atoms with Gasteiger partial charge in [-0.2, -0.15) is 13.2 Å². The largest absolute Gasteiger partial charge is 0.416 e. The van der Waals surface area contributed by atoms with Crippen LogP contribution in [0, 0.1) is 5.82 Å². The molecule has 0 unspecified atom stereocenters. The molecule has 0 saturated heterocycles. The second-order valence-corrected chi connectivity index (χ2v) is 8.71. The topological polar surface area (TPSA) is 51.1 Å². The van der Waals surface area contributed by atoms with E-state index in [9.17, 15) is 26.0 Å². The fourth-order valence-corrected chi connectivity index (χ4v) is 4.17. The lowest BCUT2D eigenvalue weighted by atomic mass is 10.0. The van der Waals surface area contributed by atoms with Gasteiger partial charge in [-0.25, -0.2) is 17.5 Å². The van der Waals surface area contributed by atoms with Crippen molar-refractivity contribution in [1.82, 2.24) is 9.29 Å². The van der Waals surface area contributed by atoms with Crippen LogP contribution in [0.5, 0.6) is 0 Å². The number of halogens is 4. The molecule has 0 radical (unpaired) electrons. The molecule has 0 aliphatic carbocycles. The van der Waals surface area contributed by atoms with Gasteiger partial charge in [0.15, 0.2) is 0 Å². The zero-order valence-electron chi connectivity index (χ0n) is 16.1. The highest BCUT2D eigenvalue weighted by molar-refractivity contribution is 7.89. The first-order valence-corrected chi connectivity index (χ1v) is 10.6. The second-order valence-electron chi connectivity index (χ2n) is 6.82. The van der Waals surface area contributed by atoms with Crippen LogP contribution in [0.2, 0.25) is 0 Å². The Kier molecular flexibility index (Phi) is 5.10. The minimum absolute atomic E-state index is 0.00902. The number of alkyl halides is 3. The maximum atomic E-state index is 14.5. The smallest absolute Gasteiger partial charge is 0.316 e. The predicted molar refractivity (Wildman–Crippen MR) is 110 cm³/mol. The molecule has 0 aliphatic rings. The van der Waals surface area contributed by atoms with Gasteiger partial charge in [0.1, 0.15) is 5.82 Å². The molecule has 1 N–H and O–H groups in total. The number of sulfonamides is 1. The summed E-state index contributed by atoms with van der Waals surface area (Å²) in [5.41, 5.74) is 0.820. The minimum Gasteiger partial charge on any atom is -0.316 e. The van der Waals surface area contributed by atoms with Crippen molar-refractivity contribution in [3.63, 3.8) is 0 Å². The SMILES string of the molecule is CNS(=O)(=O)c1ccc2c(c1)c(-c1ccccc1F)cn2-c1ccc(C(F)(F)F)cc1. The Balaban J connectivity index is 1.98. The molecule has 0 atom stereocenters. The van der Waals surface area contributed by atoms with Gasteiger partial charge in [-0.1, -0.05) is 18.2 Å². The van der Waals surface area contributed by atoms with Gasteiger partial charge >= 0.3 is 6.18 Å². The molecule has 0 fully saturated rings. The van der Waals surface area contributed by atoms with Crippen LogP contribution in [0.4, 0.5) is 17.6 Å². The number of hydrogen-bond donors (Lipinski definition) is 1. The van der Waals surface area contributed by atoms with E-state index in [4.69, 9.17) is 0 Å². The molecule has 0 saturated carbocycles. The Morgan fingerprint density at radius 2 is 1.58 bits per heavy atom. The Bertz CT molecular complexity index is 1380. The van der Waals surface area contributed by atoms with Crippen molar-refractivity contribution in [2.75, 3.05) is 7.05 Å². The summed E-state index contributed by atoms with van der Waals surface area (Å²) in [7, 11) is -2.47. The number of rotatable bonds is 4. The van der Waals surface area contributed by atoms with Crippen molar-refractivity contribution in [3.8, 4) is 16.8 Å². The summed E-state index contributed by atoms with van der Waals surface area (Å²) < 4.78 is 81.7. The molecule has 0 spiro atoms. The third-order valence-electron chi connectivity index (χ3n) is 4.99. The quantitative estimate of drug-likeness (QED) is 0.427. The van der Waals surface area contributed by atoms with E-state index >= 15 is 0 Å². The zero-order chi connectivity index (χ0) is 22.4. The number of nitrogens with one attached hydrogen (secondary N) is 1. The van der Waals surface area contributed by atoms with Crippen molar-refractivity contribution in [1.29, 1.82) is 0 Å². The molecular formula is C22H16F4N2O2S. The Labute approximate surface area is 175 Å². The van der Waals surface area contributed by atoms with Gasteiger partial charge in [-0.3, -0.25) is 0 Å². The maximum Gasteiger partial charge on any atom is 0.416 e. The van der Waals surface area contributed by atoms with Gasteiger partial charge in [0.25, 0.3) is 0 Å². The average molecular weight is 448 g/mol. The fourth-order valence-electron chi connectivity index (χ4n) is 3.41. The van der Waals surface area contributed by atoms with E-state index in [1.807, 2.05) is 0 Å². The van der Waals surface area contributed by atoms with Crippen molar-refractivity contribution in [2.45, 2.75) is 11.1 Å². The summed E-state index contributed by atoms with van der Waals surface area (Å²) in [5, 5.41) is 0.446. The van der Waals surface area contributed by atoms with E-state index in [0.717, 1.165) is 12.1 Å². The number of benzene rings is 3. The van der Waals surface area contributed by atoms with E-state index in [2.05, 4.69) is 4.72 Å². The molecule has 4 nitrogen and oxygen atoms in total. The summed E-state index contributed by atoms with van der Waals surface area (Å²) in [6.45, 7) is 0. The number of nitrogens with zero attached hydrogens (tertiary/aromatic N) is 1. The molecule has 4 rings (SSSR count). The first kappa shape index (κ1) is 21.1. The first-order valence-electron chi connectivity index (χ1n) is 9.13. The summed E-state index contributed by atoms with van der Waals surface area (Å²) in [5.74, 6) is -0.504. The van der Waals surface area contributed by atoms with Gasteiger partial charge in [0, 0.05) is 28.4 Å². The normalized spacial score (nSPS) is 12.4. The third kappa shape index (κ3) is 3.82. The Hall–Kier alpha value is -3.17. The highest BCUT2D eigenvalue weighted by Crippen LogP contribution is 2.36. The lowest BCUT2D eigenvalue weighted by molar-refractivity contribution is -0.137. The van der Waals surface area contributed by atoms with Gasteiger partial charge in [0.05, 0.1) is 16.0 Å². The molecule has 4 aromatic rings. The Morgan fingerprint density at radius 3 is 2.19 bits per heavy atom. The summed E-state index contributed by atoms with van der Waals surface area (Å²) >= 11 is 0. The summed E-state index contributed by atoms with van der Waals surface area (Å²) in [6.07, 6.45) is -2.88. The molecular weight excluding hydrogens is 432 g/mol. The minimum atomic E-state index is -4.47. The van der Waals surface area contributed by atoms with Crippen molar-refractivity contribution >= 4 is 20.9 Å². The number of aromatic nitrogens is 1. The molecule has 1 aromatic heterocycles. The van der Waals surface area contributed by atoms with Crippen molar-refractivity contribution in [3.05, 3.63) is 84.3 Å². The molecule has 3 aromatic carbocycles. The first-order chi connectivity index (χ1) is 14.6. The highest BCUT2D eigenvalue weighted by Gasteiger charge is 2.30. The van der Waals surface area contributed by atoms with E-state index in [-0.39, 0.29) is 10.5 Å². The van der Waals surface area contributed by atoms with E-state index in [0.29, 0.717) is 22.2 Å². The van der Waals surface area contributed by atoms with Gasteiger partial charge < -0.3 is 4.57 Å². The lowest BCUT2D eigenvalue weighted by Gasteiger charge is -2.09. The van der Waals surface area contributed by atoms with Gasteiger partial charge in [0.2, 0.25) is 10.0 Å². The fraction of sp³-hybridized carbons (Fsp3) is 0.0909. The van der Waals surface area contributed by atoms with Crippen molar-refractivity contribution in [2.24, 2.45) is 0 Å². The van der Waals surface area contributed by atoms with Gasteiger partial charge in [-0.05, 0) is 55.6 Å². The van der Waals surface area contributed by atoms with Crippen LogP contribution < -0.4 is 4.72 Å². The number of fused-ring (bicyclic) bond motifs is 1. The molecule has 31 heavy (non-hydrogen) atoms. The summed E-state index contributed by atoms with van der Waals surface area (Å²) in [6, 6.07) is 14.9. The number of hydrogen-bond acceptors (Lipinski definition) is 2. The lowest BCUT2D eigenvalue weighted by Crippen LogP contribution is -2.18. The van der Waals surface area contributed by atoms with Crippen LogP contribution in [0.15, 0.2) is 77.8 Å². The zero-order valence-corrected chi connectivity index (χ0v) is 16.9. The monoisotopic (exact) mass is 448 g/mol. The van der Waals surface area contributed by atoms with Crippen LogP contribution in [0.3, 0.4) is 0 Å². The van der Waals surface area contributed by atoms with Crippen LogP contribution in [-0.4, -0.2) is 20.0 Å². The summed E-state index contributed by atoms with van der Waals surface area (Å²) in [4.78, 5) is -0.00902. The van der Waals surface area contributed by atoms with Crippen LogP contribution in [-0.2, 0) is 16.2 Å². The highest BCUT2D eigenvalue weighted by atomic mass is 32.2. The molecule has 160 valence electrons. The van der Waals surface area contributed by atoms with Crippen LogP contribution in [0.25, 0.3) is 27.7 Å². The molecule has 0 aliphatic heterocycles. The van der Waals surface area contributed by atoms with E-state index in [1.165, 1.54) is 43.4 Å². The molecule has 9 heteroatoms.